The van der Waals surface area contributed by atoms with E-state index in [0.717, 1.165) is 49.8 Å². The molecule has 0 bridgehead atoms. The van der Waals surface area contributed by atoms with Crippen molar-refractivity contribution in [2.45, 2.75) is 44.7 Å². The highest BCUT2D eigenvalue weighted by Crippen LogP contribution is 2.30. The fourth-order valence-electron chi connectivity index (χ4n) is 4.43. The number of aryl methyl sites for hydroxylation is 1. The smallest absolute Gasteiger partial charge is 0.228 e. The van der Waals surface area contributed by atoms with Gasteiger partial charge in [-0.25, -0.2) is 15.0 Å². The van der Waals surface area contributed by atoms with Crippen molar-refractivity contribution < 1.29 is 13.9 Å². The molecule has 1 N–H and O–H groups in total. The van der Waals surface area contributed by atoms with Crippen LogP contribution in [0, 0.1) is 12.8 Å². The van der Waals surface area contributed by atoms with Gasteiger partial charge < -0.3 is 14.5 Å². The normalized spacial score (nSPS) is 21.9. The van der Waals surface area contributed by atoms with Crippen LogP contribution in [0.3, 0.4) is 0 Å². The van der Waals surface area contributed by atoms with Crippen LogP contribution in [0.2, 0.25) is 0 Å². The number of rotatable bonds is 5. The van der Waals surface area contributed by atoms with Crippen molar-refractivity contribution in [2.75, 3.05) is 25.6 Å². The Kier molecular flexibility index (Phi) is 5.41. The van der Waals surface area contributed by atoms with Crippen LogP contribution in [0.15, 0.2) is 35.0 Å². The van der Waals surface area contributed by atoms with Gasteiger partial charge in [-0.3, -0.25) is 9.69 Å². The highest BCUT2D eigenvalue weighted by Gasteiger charge is 2.33. The zero-order valence-corrected chi connectivity index (χ0v) is 17.9. The third-order valence-electron chi connectivity index (χ3n) is 6.54. The summed E-state index contributed by atoms with van der Waals surface area (Å²) in [6.07, 6.45) is 7.28. The minimum Gasteiger partial charge on any atom is -0.439 e. The number of carbonyl (C=O) groups excluding carboxylic acids is 1. The molecule has 1 aliphatic heterocycles. The second-order valence-corrected chi connectivity index (χ2v) is 8.55. The van der Waals surface area contributed by atoms with E-state index < -0.39 is 0 Å². The minimum absolute atomic E-state index is 0.0243. The molecule has 1 saturated carbocycles. The van der Waals surface area contributed by atoms with Gasteiger partial charge in [0.25, 0.3) is 0 Å². The third kappa shape index (κ3) is 4.18. The number of hydrogen-bond acceptors (Lipinski definition) is 7. The van der Waals surface area contributed by atoms with Crippen molar-refractivity contribution in [3.8, 4) is 11.5 Å². The molecule has 0 aromatic carbocycles. The lowest BCUT2D eigenvalue weighted by Crippen LogP contribution is -2.52. The number of oxazole rings is 1. The van der Waals surface area contributed by atoms with Crippen LogP contribution in [-0.4, -0.2) is 58.1 Å². The van der Waals surface area contributed by atoms with E-state index in [-0.39, 0.29) is 11.8 Å². The van der Waals surface area contributed by atoms with Gasteiger partial charge in [-0.15, -0.1) is 0 Å². The SMILES string of the molecule is Cc1ncc(-c2ccc3cnc(NC(=O)C4CCC(N(C)C5COC5)CC4)cc3n2)o1. The maximum absolute atomic E-state index is 12.8. The Morgan fingerprint density at radius 2 is 1.90 bits per heavy atom. The first-order chi connectivity index (χ1) is 15.1. The molecule has 0 atom stereocenters. The van der Waals surface area contributed by atoms with E-state index in [2.05, 4.69) is 32.2 Å². The highest BCUT2D eigenvalue weighted by atomic mass is 16.5. The zero-order valence-electron chi connectivity index (χ0n) is 17.9. The molecule has 4 heterocycles. The fraction of sp³-hybridized carbons (Fsp3) is 0.478. The molecule has 2 aliphatic rings. The van der Waals surface area contributed by atoms with E-state index >= 15 is 0 Å². The van der Waals surface area contributed by atoms with Crippen molar-refractivity contribution in [3.05, 3.63) is 36.5 Å². The average molecular weight is 422 g/mol. The molecule has 8 heteroatoms. The summed E-state index contributed by atoms with van der Waals surface area (Å²) in [7, 11) is 2.18. The number of pyridine rings is 2. The second-order valence-electron chi connectivity index (χ2n) is 8.55. The van der Waals surface area contributed by atoms with Gasteiger partial charge in [-0.05, 0) is 44.9 Å². The Morgan fingerprint density at radius 3 is 2.58 bits per heavy atom. The van der Waals surface area contributed by atoms with Gasteiger partial charge in [0.05, 0.1) is 31.0 Å². The number of likely N-dealkylation sites (N-methyl/N-ethyl adjacent to an activating group) is 1. The summed E-state index contributed by atoms with van der Waals surface area (Å²) in [6.45, 7) is 3.46. The van der Waals surface area contributed by atoms with Crippen molar-refractivity contribution in [3.63, 3.8) is 0 Å². The first-order valence-corrected chi connectivity index (χ1v) is 10.9. The zero-order chi connectivity index (χ0) is 21.4. The predicted molar refractivity (Wildman–Crippen MR) is 117 cm³/mol. The Morgan fingerprint density at radius 1 is 1.10 bits per heavy atom. The number of fused-ring (bicyclic) bond motifs is 1. The number of nitrogens with zero attached hydrogens (tertiary/aromatic N) is 4. The maximum atomic E-state index is 12.8. The van der Waals surface area contributed by atoms with Crippen LogP contribution >= 0.6 is 0 Å². The summed E-state index contributed by atoms with van der Waals surface area (Å²) in [6, 6.07) is 6.72. The van der Waals surface area contributed by atoms with E-state index in [1.54, 1.807) is 19.3 Å². The lowest BCUT2D eigenvalue weighted by Gasteiger charge is -2.42. The van der Waals surface area contributed by atoms with Gasteiger partial charge in [-0.1, -0.05) is 0 Å². The molecular formula is C23H27N5O3. The van der Waals surface area contributed by atoms with Gasteiger partial charge >= 0.3 is 0 Å². The molecule has 2 fully saturated rings. The molecule has 0 unspecified atom stereocenters. The van der Waals surface area contributed by atoms with E-state index in [1.807, 2.05) is 18.2 Å². The molecule has 1 aliphatic carbocycles. The molecule has 31 heavy (non-hydrogen) atoms. The number of amides is 1. The average Bonchev–Trinajstić information content (AvgIpc) is 3.18. The van der Waals surface area contributed by atoms with Gasteiger partial charge in [0.1, 0.15) is 11.5 Å². The Hall–Kier alpha value is -2.84. The summed E-state index contributed by atoms with van der Waals surface area (Å²) >= 11 is 0. The van der Waals surface area contributed by atoms with Crippen LogP contribution < -0.4 is 5.32 Å². The van der Waals surface area contributed by atoms with Crippen LogP contribution in [0.4, 0.5) is 5.82 Å². The van der Waals surface area contributed by atoms with Crippen LogP contribution in [0.25, 0.3) is 22.4 Å². The molecule has 3 aromatic heterocycles. The number of carbonyl (C=O) groups is 1. The molecule has 0 spiro atoms. The van der Waals surface area contributed by atoms with Gasteiger partial charge in [0, 0.05) is 36.5 Å². The first-order valence-electron chi connectivity index (χ1n) is 10.9. The van der Waals surface area contributed by atoms with E-state index in [4.69, 9.17) is 9.15 Å². The predicted octanol–water partition coefficient (Wildman–Crippen LogP) is 3.42. The molecule has 162 valence electrons. The van der Waals surface area contributed by atoms with Crippen LogP contribution in [0.5, 0.6) is 0 Å². The summed E-state index contributed by atoms with van der Waals surface area (Å²) < 4.78 is 10.9. The van der Waals surface area contributed by atoms with Crippen LogP contribution in [0.1, 0.15) is 31.6 Å². The van der Waals surface area contributed by atoms with Crippen molar-refractivity contribution in [1.82, 2.24) is 19.9 Å². The number of aromatic nitrogens is 3. The van der Waals surface area contributed by atoms with E-state index in [0.29, 0.717) is 35.2 Å². The highest BCUT2D eigenvalue weighted by molar-refractivity contribution is 5.93. The van der Waals surface area contributed by atoms with Crippen molar-refractivity contribution in [1.29, 1.82) is 0 Å². The van der Waals surface area contributed by atoms with Gasteiger partial charge in [-0.2, -0.15) is 0 Å². The largest absolute Gasteiger partial charge is 0.439 e. The fourth-order valence-corrected chi connectivity index (χ4v) is 4.43. The first kappa shape index (κ1) is 20.1. The van der Waals surface area contributed by atoms with Crippen LogP contribution in [-0.2, 0) is 9.53 Å². The Labute approximate surface area is 181 Å². The molecule has 8 nitrogen and oxygen atoms in total. The molecular weight excluding hydrogens is 394 g/mol. The monoisotopic (exact) mass is 421 g/mol. The lowest BCUT2D eigenvalue weighted by molar-refractivity contribution is -0.121. The summed E-state index contributed by atoms with van der Waals surface area (Å²) in [5, 5.41) is 3.90. The summed E-state index contributed by atoms with van der Waals surface area (Å²) in [5.41, 5.74) is 1.46. The number of hydrogen-bond donors (Lipinski definition) is 1. The lowest BCUT2D eigenvalue weighted by atomic mass is 9.84. The van der Waals surface area contributed by atoms with Crippen molar-refractivity contribution in [2.24, 2.45) is 5.92 Å². The third-order valence-corrected chi connectivity index (χ3v) is 6.54. The second kappa shape index (κ2) is 8.36. The molecule has 5 rings (SSSR count). The number of ether oxygens (including phenoxy) is 1. The maximum Gasteiger partial charge on any atom is 0.228 e. The topological polar surface area (TPSA) is 93.4 Å². The molecule has 0 radical (unpaired) electrons. The molecule has 1 amide bonds. The Bertz CT molecular complexity index is 1090. The Balaban J connectivity index is 1.24. The summed E-state index contributed by atoms with van der Waals surface area (Å²) in [4.78, 5) is 28.5. The summed E-state index contributed by atoms with van der Waals surface area (Å²) in [5.74, 6) is 1.82. The number of nitrogens with one attached hydrogen (secondary N) is 1. The molecule has 1 saturated heterocycles. The van der Waals surface area contributed by atoms with E-state index in [1.165, 1.54) is 0 Å². The van der Waals surface area contributed by atoms with Gasteiger partial charge in [0.2, 0.25) is 5.91 Å². The standard InChI is InChI=1S/C23H27N5O3/c1-14-24-11-21(31-14)19-8-5-16-10-25-22(9-20(16)26-19)27-23(29)15-3-6-17(7-4-15)28(2)18-12-30-13-18/h5,8-11,15,17-18H,3-4,6-7,12-13H2,1-2H3,(H,25,27,29). The van der Waals surface area contributed by atoms with Gasteiger partial charge in [0.15, 0.2) is 11.7 Å². The quantitative estimate of drug-likeness (QED) is 0.675. The van der Waals surface area contributed by atoms with E-state index in [9.17, 15) is 4.79 Å². The molecule has 3 aromatic rings. The minimum atomic E-state index is 0.0243. The van der Waals surface area contributed by atoms with Crippen molar-refractivity contribution >= 4 is 22.6 Å². The number of anilines is 1.